The summed E-state index contributed by atoms with van der Waals surface area (Å²) >= 11 is 0. The van der Waals surface area contributed by atoms with Gasteiger partial charge in [0.25, 0.3) is 0 Å². The van der Waals surface area contributed by atoms with Crippen molar-refractivity contribution in [1.29, 1.82) is 0 Å². The zero-order valence-electron chi connectivity index (χ0n) is 20.4. The smallest absolute Gasteiger partial charge is 0.419 e. The van der Waals surface area contributed by atoms with E-state index in [1.54, 1.807) is 54.6 Å². The van der Waals surface area contributed by atoms with Crippen LogP contribution in [0.3, 0.4) is 0 Å². The van der Waals surface area contributed by atoms with Gasteiger partial charge in [0.05, 0.1) is 19.8 Å². The molecule has 0 radical (unpaired) electrons. The van der Waals surface area contributed by atoms with Crippen LogP contribution in [0.4, 0.5) is 18.9 Å². The molecule has 0 unspecified atom stereocenters. The Labute approximate surface area is 203 Å². The van der Waals surface area contributed by atoms with E-state index in [4.69, 9.17) is 9.47 Å². The number of nitrogens with one attached hydrogen (secondary N) is 1. The van der Waals surface area contributed by atoms with Crippen molar-refractivity contribution in [2.24, 2.45) is 4.99 Å². The van der Waals surface area contributed by atoms with Crippen molar-refractivity contribution in [3.8, 4) is 11.5 Å². The lowest BCUT2D eigenvalue weighted by atomic mass is 10.1. The molecule has 188 valence electrons. The highest BCUT2D eigenvalue weighted by Crippen LogP contribution is 2.38. The highest BCUT2D eigenvalue weighted by molar-refractivity contribution is 7.70. The molecule has 0 fully saturated rings. The van der Waals surface area contributed by atoms with Gasteiger partial charge in [0.2, 0.25) is 0 Å². The Kier molecular flexibility index (Phi) is 7.70. The molecule has 1 heterocycles. The molecule has 1 aliphatic heterocycles. The molecule has 35 heavy (non-hydrogen) atoms. The van der Waals surface area contributed by atoms with Crippen molar-refractivity contribution in [2.45, 2.75) is 26.2 Å². The van der Waals surface area contributed by atoms with Crippen molar-refractivity contribution < 1.29 is 27.2 Å². The van der Waals surface area contributed by atoms with Gasteiger partial charge in [-0.1, -0.05) is 12.7 Å². The van der Waals surface area contributed by atoms with E-state index in [0.717, 1.165) is 17.2 Å². The molecule has 0 saturated heterocycles. The van der Waals surface area contributed by atoms with Gasteiger partial charge < -0.3 is 24.3 Å². The van der Waals surface area contributed by atoms with E-state index in [1.165, 1.54) is 21.1 Å². The molecule has 10 heteroatoms. The van der Waals surface area contributed by atoms with Gasteiger partial charge in [0.1, 0.15) is 18.8 Å². The molecule has 1 aliphatic rings. The van der Waals surface area contributed by atoms with E-state index >= 15 is 0 Å². The molecular weight excluding hydrogens is 478 g/mol. The van der Waals surface area contributed by atoms with Crippen molar-refractivity contribution in [1.82, 2.24) is 4.90 Å². The third-order valence-electron chi connectivity index (χ3n) is 5.58. The molecule has 0 saturated carbocycles. The van der Waals surface area contributed by atoms with Crippen molar-refractivity contribution in [2.75, 3.05) is 32.9 Å². The maximum absolute atomic E-state index is 13.9. The van der Waals surface area contributed by atoms with Crippen LogP contribution in [0, 0.1) is 0 Å². The first-order chi connectivity index (χ1) is 16.4. The minimum absolute atomic E-state index is 0.0404. The molecule has 2 aromatic rings. The fourth-order valence-electron chi connectivity index (χ4n) is 3.82. The minimum atomic E-state index is -4.61. The zero-order valence-corrected chi connectivity index (χ0v) is 21.3. The average molecular weight is 507 g/mol. The van der Waals surface area contributed by atoms with Crippen molar-refractivity contribution in [3.63, 3.8) is 0 Å². The number of nitrogens with zero attached hydrogens (tertiary/aromatic N) is 2. The molecule has 0 atom stereocenters. The topological polar surface area (TPSA) is 63.2 Å². The molecular formula is C25H29F3N3O3P. The number of alkyl halides is 3. The number of rotatable bonds is 7. The lowest BCUT2D eigenvalue weighted by Gasteiger charge is -2.24. The first-order valence-electron chi connectivity index (χ1n) is 10.8. The van der Waals surface area contributed by atoms with E-state index in [0.29, 0.717) is 22.5 Å². The Morgan fingerprint density at radius 2 is 1.60 bits per heavy atom. The number of benzene rings is 2. The Hall–Kier alpha value is -3.19. The van der Waals surface area contributed by atoms with Gasteiger partial charge in [-0.05, 0) is 67.8 Å². The van der Waals surface area contributed by atoms with Crippen LogP contribution in [0.15, 0.2) is 65.4 Å². The normalized spacial score (nSPS) is 14.6. The van der Waals surface area contributed by atoms with Gasteiger partial charge >= 0.3 is 6.18 Å². The van der Waals surface area contributed by atoms with Crippen LogP contribution >= 0.6 is 7.14 Å². The van der Waals surface area contributed by atoms with Gasteiger partial charge in [-0.2, -0.15) is 13.2 Å². The van der Waals surface area contributed by atoms with Crippen LogP contribution in [0.25, 0.3) is 0 Å². The van der Waals surface area contributed by atoms with E-state index in [9.17, 15) is 17.7 Å². The summed E-state index contributed by atoms with van der Waals surface area (Å²) < 4.78 is 64.7. The van der Waals surface area contributed by atoms with Gasteiger partial charge in [-0.3, -0.25) is 0 Å². The second-order valence-electron chi connectivity index (χ2n) is 8.44. The second kappa shape index (κ2) is 10.2. The van der Waals surface area contributed by atoms with Gasteiger partial charge in [-0.15, -0.1) is 0 Å². The van der Waals surface area contributed by atoms with E-state index in [1.807, 2.05) is 0 Å². The number of ether oxygens (including phenoxy) is 2. The number of anilines is 1. The average Bonchev–Trinajstić information content (AvgIpc) is 3.19. The highest BCUT2D eigenvalue weighted by Gasteiger charge is 2.40. The van der Waals surface area contributed by atoms with Gasteiger partial charge in [0.15, 0.2) is 11.5 Å². The predicted molar refractivity (Wildman–Crippen MR) is 134 cm³/mol. The first kappa shape index (κ1) is 26.4. The quantitative estimate of drug-likeness (QED) is 0.294. The van der Waals surface area contributed by atoms with Crippen molar-refractivity contribution >= 4 is 24.0 Å². The lowest BCUT2D eigenvalue weighted by Crippen LogP contribution is -2.33. The van der Waals surface area contributed by atoms with Crippen LogP contribution in [-0.2, 0) is 17.7 Å². The molecule has 6 nitrogen and oxygen atoms in total. The monoisotopic (exact) mass is 507 g/mol. The highest BCUT2D eigenvalue weighted by atomic mass is 31.2. The summed E-state index contributed by atoms with van der Waals surface area (Å²) in [5.41, 5.74) is 1.36. The Morgan fingerprint density at radius 1 is 1.09 bits per heavy atom. The van der Waals surface area contributed by atoms with E-state index in [-0.39, 0.29) is 24.7 Å². The molecule has 1 N–H and O–H groups in total. The molecule has 3 rings (SSSR count). The van der Waals surface area contributed by atoms with Crippen LogP contribution in [-0.4, -0.2) is 44.5 Å². The van der Waals surface area contributed by atoms with Crippen LogP contribution < -0.4 is 20.1 Å². The molecule has 0 amide bonds. The molecule has 0 spiro atoms. The second-order valence-corrected chi connectivity index (χ2v) is 11.7. The first-order valence-corrected chi connectivity index (χ1v) is 13.4. The summed E-state index contributed by atoms with van der Waals surface area (Å²) in [5.74, 6) is 0.812. The van der Waals surface area contributed by atoms with E-state index in [2.05, 4.69) is 16.9 Å². The lowest BCUT2D eigenvalue weighted by molar-refractivity contribution is -0.0871. The Balaban J connectivity index is 1.93. The Morgan fingerprint density at radius 3 is 2.00 bits per heavy atom. The number of halogens is 3. The summed E-state index contributed by atoms with van der Waals surface area (Å²) in [6.07, 6.45) is -3.60. The number of methoxy groups -OCH3 is 2. The molecule has 2 aromatic carbocycles. The number of hydrogen-bond acceptors (Lipinski definition) is 5. The molecule has 0 aromatic heterocycles. The van der Waals surface area contributed by atoms with Crippen LogP contribution in [0.1, 0.15) is 18.1 Å². The molecule has 0 aliphatic carbocycles. The third-order valence-corrected chi connectivity index (χ3v) is 7.12. The van der Waals surface area contributed by atoms with Crippen molar-refractivity contribution in [3.05, 3.63) is 71.6 Å². The summed E-state index contributed by atoms with van der Waals surface area (Å²) in [5, 5.41) is 3.63. The van der Waals surface area contributed by atoms with Gasteiger partial charge in [-0.25, -0.2) is 4.99 Å². The number of fused-ring (bicyclic) bond motifs is 1. The Bertz CT molecular complexity index is 1180. The number of amidine groups is 1. The fraction of sp³-hybridized carbons (Fsp3) is 0.320. The fourth-order valence-corrected chi connectivity index (χ4v) is 4.69. The maximum Gasteiger partial charge on any atom is 0.419 e. The predicted octanol–water partition coefficient (Wildman–Crippen LogP) is 5.76. The standard InChI is InChI=1S/C25H29F3N3O3P/c1-7-21(25(26,27)28)24(30-16(2)29-19-8-10-20(11-9-19)35(5,6)32)31-14-17-12-22(33-3)23(34-4)13-18(17)15-31/h7-13,29H,2,14-15H2,1,3-6H3/b21-7+,30-24+. The van der Waals surface area contributed by atoms with E-state index < -0.39 is 18.9 Å². The van der Waals surface area contributed by atoms with Gasteiger partial charge in [0, 0.05) is 24.1 Å². The summed E-state index contributed by atoms with van der Waals surface area (Å²) in [7, 11) is 0.594. The SMILES string of the molecule is C=C(/N=C(\C(=C/C)C(F)(F)F)N1Cc2cc(OC)c(OC)cc2C1)Nc1ccc(P(C)(C)=O)cc1. The summed E-state index contributed by atoms with van der Waals surface area (Å²) in [4.78, 5) is 5.81. The number of aliphatic imine (C=N–C) groups is 1. The zero-order chi connectivity index (χ0) is 26.0. The minimum Gasteiger partial charge on any atom is -0.493 e. The summed E-state index contributed by atoms with van der Waals surface area (Å²) in [6.45, 7) is 8.91. The maximum atomic E-state index is 13.9. The third kappa shape index (κ3) is 6.09. The van der Waals surface area contributed by atoms with Crippen LogP contribution in [0.5, 0.6) is 11.5 Å². The number of hydrogen-bond donors (Lipinski definition) is 1. The summed E-state index contributed by atoms with van der Waals surface area (Å²) in [6, 6.07) is 10.4. The molecule has 0 bridgehead atoms. The number of allylic oxidation sites excluding steroid dienone is 1. The largest absolute Gasteiger partial charge is 0.493 e. The van der Waals surface area contributed by atoms with Crippen LogP contribution in [0.2, 0.25) is 0 Å².